The zero-order valence-corrected chi connectivity index (χ0v) is 9.09. The number of benzene rings is 1. The molecular formula is C10H10O4S. The molecule has 0 heterocycles. The summed E-state index contributed by atoms with van der Waals surface area (Å²) in [6.07, 6.45) is 1.75. The van der Waals surface area contributed by atoms with E-state index in [0.717, 1.165) is 0 Å². The van der Waals surface area contributed by atoms with Crippen LogP contribution >= 0.6 is 11.8 Å². The summed E-state index contributed by atoms with van der Waals surface area (Å²) in [7, 11) is 0. The Morgan fingerprint density at radius 3 is 2.20 bits per heavy atom. The van der Waals surface area contributed by atoms with Crippen LogP contribution in [0, 0.1) is 6.92 Å². The molecule has 80 valence electrons. The number of aromatic carboxylic acids is 2. The second-order valence-corrected chi connectivity index (χ2v) is 3.77. The Bertz CT molecular complexity index is 426. The molecule has 2 N–H and O–H groups in total. The van der Waals surface area contributed by atoms with Crippen LogP contribution in [0.5, 0.6) is 0 Å². The highest BCUT2D eigenvalue weighted by molar-refractivity contribution is 7.98. The lowest BCUT2D eigenvalue weighted by Crippen LogP contribution is -2.08. The van der Waals surface area contributed by atoms with Crippen LogP contribution in [0.25, 0.3) is 0 Å². The van der Waals surface area contributed by atoms with Gasteiger partial charge in [0.15, 0.2) is 0 Å². The van der Waals surface area contributed by atoms with E-state index in [-0.39, 0.29) is 11.1 Å². The van der Waals surface area contributed by atoms with Crippen molar-refractivity contribution in [3.05, 3.63) is 28.8 Å². The van der Waals surface area contributed by atoms with Crippen LogP contribution in [0.1, 0.15) is 26.3 Å². The smallest absolute Gasteiger partial charge is 0.337 e. The van der Waals surface area contributed by atoms with Crippen molar-refractivity contribution in [2.24, 2.45) is 0 Å². The van der Waals surface area contributed by atoms with E-state index in [1.54, 1.807) is 6.26 Å². The van der Waals surface area contributed by atoms with Crippen LogP contribution in [0.3, 0.4) is 0 Å². The second kappa shape index (κ2) is 4.35. The van der Waals surface area contributed by atoms with Gasteiger partial charge in [-0.25, -0.2) is 9.59 Å². The van der Waals surface area contributed by atoms with Crippen LogP contribution in [0.15, 0.2) is 17.0 Å². The molecule has 0 aliphatic heterocycles. The number of rotatable bonds is 3. The van der Waals surface area contributed by atoms with E-state index in [0.29, 0.717) is 10.5 Å². The van der Waals surface area contributed by atoms with E-state index in [4.69, 9.17) is 10.2 Å². The predicted octanol–water partition coefficient (Wildman–Crippen LogP) is 2.11. The summed E-state index contributed by atoms with van der Waals surface area (Å²) in [6.45, 7) is 1.51. The van der Waals surface area contributed by atoms with Gasteiger partial charge in [0.1, 0.15) is 0 Å². The average Bonchev–Trinajstić information content (AvgIpc) is 2.15. The lowest BCUT2D eigenvalue weighted by molar-refractivity contribution is 0.0692. The third-order valence-electron chi connectivity index (χ3n) is 2.09. The summed E-state index contributed by atoms with van der Waals surface area (Å²) in [5.74, 6) is -2.21. The van der Waals surface area contributed by atoms with Crippen molar-refractivity contribution in [3.8, 4) is 0 Å². The SMILES string of the molecule is CSc1ccc(C(=O)O)c(C)c1C(=O)O. The number of carboxylic acid groups (broad SMARTS) is 2. The molecule has 0 fully saturated rings. The first-order valence-electron chi connectivity index (χ1n) is 4.13. The van der Waals surface area contributed by atoms with Gasteiger partial charge in [-0.1, -0.05) is 0 Å². The minimum Gasteiger partial charge on any atom is -0.478 e. The van der Waals surface area contributed by atoms with Gasteiger partial charge in [-0.15, -0.1) is 11.8 Å². The van der Waals surface area contributed by atoms with Gasteiger partial charge in [0.2, 0.25) is 0 Å². The normalized spacial score (nSPS) is 10.0. The summed E-state index contributed by atoms with van der Waals surface area (Å²) in [5.41, 5.74) is 0.398. The first kappa shape index (κ1) is 11.6. The Morgan fingerprint density at radius 2 is 1.80 bits per heavy atom. The van der Waals surface area contributed by atoms with Crippen LogP contribution in [-0.4, -0.2) is 28.4 Å². The lowest BCUT2D eigenvalue weighted by Gasteiger charge is -2.09. The van der Waals surface area contributed by atoms with Crippen molar-refractivity contribution >= 4 is 23.7 Å². The van der Waals surface area contributed by atoms with E-state index in [1.807, 2.05) is 0 Å². The molecule has 0 aliphatic carbocycles. The molecule has 4 nitrogen and oxygen atoms in total. The van der Waals surface area contributed by atoms with Crippen molar-refractivity contribution in [1.82, 2.24) is 0 Å². The highest BCUT2D eigenvalue weighted by Crippen LogP contribution is 2.25. The highest BCUT2D eigenvalue weighted by atomic mass is 32.2. The number of carboxylic acids is 2. The van der Waals surface area contributed by atoms with Gasteiger partial charge in [-0.05, 0) is 30.9 Å². The van der Waals surface area contributed by atoms with Crippen LogP contribution in [0.2, 0.25) is 0 Å². The summed E-state index contributed by atoms with van der Waals surface area (Å²) in [6, 6.07) is 2.94. The first-order chi connectivity index (χ1) is 6.99. The molecule has 15 heavy (non-hydrogen) atoms. The number of thioether (sulfide) groups is 1. The average molecular weight is 226 g/mol. The van der Waals surface area contributed by atoms with Gasteiger partial charge >= 0.3 is 11.9 Å². The van der Waals surface area contributed by atoms with Crippen molar-refractivity contribution in [2.45, 2.75) is 11.8 Å². The topological polar surface area (TPSA) is 74.6 Å². The largest absolute Gasteiger partial charge is 0.478 e. The van der Waals surface area contributed by atoms with Crippen molar-refractivity contribution in [3.63, 3.8) is 0 Å². The maximum Gasteiger partial charge on any atom is 0.337 e. The summed E-state index contributed by atoms with van der Waals surface area (Å²) in [4.78, 5) is 22.3. The first-order valence-corrected chi connectivity index (χ1v) is 5.35. The van der Waals surface area contributed by atoms with Crippen LogP contribution < -0.4 is 0 Å². The molecule has 0 spiro atoms. The minimum atomic E-state index is -1.11. The fraction of sp³-hybridized carbons (Fsp3) is 0.200. The van der Waals surface area contributed by atoms with E-state index in [1.165, 1.54) is 30.8 Å². The van der Waals surface area contributed by atoms with Gasteiger partial charge in [0.25, 0.3) is 0 Å². The van der Waals surface area contributed by atoms with Gasteiger partial charge in [0, 0.05) is 4.90 Å². The Morgan fingerprint density at radius 1 is 1.20 bits per heavy atom. The van der Waals surface area contributed by atoms with Crippen molar-refractivity contribution in [2.75, 3.05) is 6.26 Å². The van der Waals surface area contributed by atoms with Gasteiger partial charge in [0.05, 0.1) is 11.1 Å². The molecule has 0 amide bonds. The summed E-state index contributed by atoms with van der Waals surface area (Å²) in [5, 5.41) is 17.8. The Kier molecular flexibility index (Phi) is 3.36. The van der Waals surface area contributed by atoms with E-state index in [2.05, 4.69) is 0 Å². The molecule has 0 bridgehead atoms. The van der Waals surface area contributed by atoms with Crippen molar-refractivity contribution in [1.29, 1.82) is 0 Å². The molecule has 0 unspecified atom stereocenters. The molecule has 0 radical (unpaired) electrons. The van der Waals surface area contributed by atoms with Gasteiger partial charge in [-0.2, -0.15) is 0 Å². The number of hydrogen-bond donors (Lipinski definition) is 2. The molecule has 0 aromatic heterocycles. The zero-order chi connectivity index (χ0) is 11.6. The number of hydrogen-bond acceptors (Lipinski definition) is 3. The fourth-order valence-electron chi connectivity index (χ4n) is 1.35. The standard InChI is InChI=1S/C10H10O4S/c1-5-6(9(11)12)3-4-7(15-2)8(5)10(13)14/h3-4H,1-2H3,(H,11,12)(H,13,14). The van der Waals surface area contributed by atoms with E-state index in [9.17, 15) is 9.59 Å². The Balaban J connectivity index is 3.49. The molecule has 0 saturated heterocycles. The monoisotopic (exact) mass is 226 g/mol. The quantitative estimate of drug-likeness (QED) is 0.772. The maximum atomic E-state index is 11.0. The molecule has 1 aromatic rings. The number of carbonyl (C=O) groups is 2. The fourth-order valence-corrected chi connectivity index (χ4v) is 2.00. The van der Waals surface area contributed by atoms with Crippen LogP contribution in [-0.2, 0) is 0 Å². The summed E-state index contributed by atoms with van der Waals surface area (Å²) >= 11 is 1.28. The maximum absolute atomic E-state index is 11.0. The second-order valence-electron chi connectivity index (χ2n) is 2.93. The molecule has 5 heteroatoms. The van der Waals surface area contributed by atoms with E-state index >= 15 is 0 Å². The zero-order valence-electron chi connectivity index (χ0n) is 8.27. The molecule has 1 rings (SSSR count). The molecule has 0 saturated carbocycles. The predicted molar refractivity (Wildman–Crippen MR) is 56.9 cm³/mol. The highest BCUT2D eigenvalue weighted by Gasteiger charge is 2.18. The Labute approximate surface area is 90.9 Å². The minimum absolute atomic E-state index is 0.0326. The molecule has 0 aliphatic rings. The van der Waals surface area contributed by atoms with Gasteiger partial charge in [-0.3, -0.25) is 0 Å². The summed E-state index contributed by atoms with van der Waals surface area (Å²) < 4.78 is 0. The van der Waals surface area contributed by atoms with Gasteiger partial charge < -0.3 is 10.2 Å². The van der Waals surface area contributed by atoms with Crippen LogP contribution in [0.4, 0.5) is 0 Å². The lowest BCUT2D eigenvalue weighted by atomic mass is 10.0. The molecule has 0 atom stereocenters. The third-order valence-corrected chi connectivity index (χ3v) is 2.87. The molecular weight excluding hydrogens is 216 g/mol. The van der Waals surface area contributed by atoms with Crippen molar-refractivity contribution < 1.29 is 19.8 Å². The molecule has 1 aromatic carbocycles. The van der Waals surface area contributed by atoms with E-state index < -0.39 is 11.9 Å². The Hall–Kier alpha value is -1.49. The third kappa shape index (κ3) is 2.12.